The van der Waals surface area contributed by atoms with Crippen LogP contribution in [-0.4, -0.2) is 5.78 Å². The molecule has 4 rings (SSSR count). The summed E-state index contributed by atoms with van der Waals surface area (Å²) in [7, 11) is 0. The number of nitrogens with zero attached hydrogens (tertiary/aromatic N) is 2. The number of hydrogen-bond acceptors (Lipinski definition) is 5. The Balaban J connectivity index is 1.96. The normalized spacial score (nSPS) is 20.0. The summed E-state index contributed by atoms with van der Waals surface area (Å²) in [6, 6.07) is 12.0. The third kappa shape index (κ3) is 2.99. The molecule has 2 aliphatic rings. The molecule has 1 atom stereocenters. The molecule has 0 bridgehead atoms. The minimum Gasteiger partial charge on any atom is -0.384 e. The van der Waals surface area contributed by atoms with Crippen molar-refractivity contribution in [1.29, 1.82) is 5.26 Å². The van der Waals surface area contributed by atoms with Crippen LogP contribution in [0.25, 0.3) is 0 Å². The second kappa shape index (κ2) is 6.95. The lowest BCUT2D eigenvalue weighted by Crippen LogP contribution is -2.38. The van der Waals surface area contributed by atoms with Crippen LogP contribution in [0.1, 0.15) is 30.1 Å². The van der Waals surface area contributed by atoms with E-state index in [0.717, 1.165) is 20.8 Å². The van der Waals surface area contributed by atoms with Gasteiger partial charge in [0.05, 0.1) is 21.3 Å². The van der Waals surface area contributed by atoms with E-state index in [1.165, 1.54) is 23.5 Å². The Morgan fingerprint density at radius 2 is 1.96 bits per heavy atom. The van der Waals surface area contributed by atoms with E-state index < -0.39 is 5.92 Å². The molecular formula is C20H15BrFN3OS. The summed E-state index contributed by atoms with van der Waals surface area (Å²) in [5.41, 5.74) is 8.86. The average molecular weight is 444 g/mol. The van der Waals surface area contributed by atoms with Gasteiger partial charge < -0.3 is 5.73 Å². The Kier molecular flexibility index (Phi) is 4.62. The van der Waals surface area contributed by atoms with Crippen LogP contribution in [0.2, 0.25) is 0 Å². The van der Waals surface area contributed by atoms with Crippen molar-refractivity contribution in [3.8, 4) is 6.07 Å². The Bertz CT molecular complexity index is 1030. The highest BCUT2D eigenvalue weighted by Crippen LogP contribution is 2.48. The number of carbonyl (C=O) groups excluding carboxylic acids is 1. The van der Waals surface area contributed by atoms with Crippen molar-refractivity contribution in [3.63, 3.8) is 0 Å². The van der Waals surface area contributed by atoms with Gasteiger partial charge in [-0.15, -0.1) is 11.3 Å². The van der Waals surface area contributed by atoms with E-state index in [9.17, 15) is 14.4 Å². The highest BCUT2D eigenvalue weighted by molar-refractivity contribution is 9.11. The molecule has 4 nitrogen and oxygen atoms in total. The zero-order chi connectivity index (χ0) is 19.1. The molecule has 0 saturated heterocycles. The van der Waals surface area contributed by atoms with Crippen LogP contribution >= 0.6 is 27.3 Å². The minimum atomic E-state index is -0.453. The second-order valence-electron chi connectivity index (χ2n) is 6.43. The predicted octanol–water partition coefficient (Wildman–Crippen LogP) is 4.95. The fraction of sp³-hybridized carbons (Fsp3) is 0.200. The van der Waals surface area contributed by atoms with E-state index >= 15 is 0 Å². The van der Waals surface area contributed by atoms with Crippen molar-refractivity contribution in [3.05, 3.63) is 73.5 Å². The number of benzene rings is 1. The molecule has 1 aliphatic carbocycles. The van der Waals surface area contributed by atoms with Gasteiger partial charge in [0.2, 0.25) is 0 Å². The monoisotopic (exact) mass is 443 g/mol. The van der Waals surface area contributed by atoms with Gasteiger partial charge in [0.25, 0.3) is 0 Å². The van der Waals surface area contributed by atoms with Crippen LogP contribution in [-0.2, 0) is 4.79 Å². The van der Waals surface area contributed by atoms with Crippen molar-refractivity contribution < 1.29 is 9.18 Å². The number of carbonyl (C=O) groups is 1. The maximum atomic E-state index is 13.4. The topological polar surface area (TPSA) is 70.1 Å². The number of Topliss-reactive ketones (excluding diaryl/α,β-unsaturated/α-hetero) is 1. The SMILES string of the molecule is N#CC1=C(N)N(c2ccc(F)cc2)C2=C(C(=O)CCC2)[C@@H]1c1ccc(Br)s1. The molecule has 0 fully saturated rings. The van der Waals surface area contributed by atoms with E-state index in [2.05, 4.69) is 22.0 Å². The number of hydrogen-bond donors (Lipinski definition) is 1. The van der Waals surface area contributed by atoms with Gasteiger partial charge in [-0.3, -0.25) is 9.69 Å². The zero-order valence-corrected chi connectivity index (χ0v) is 16.6. The fourth-order valence-electron chi connectivity index (χ4n) is 3.74. The first-order valence-corrected chi connectivity index (χ1v) is 10.1. The number of nitriles is 1. The number of rotatable bonds is 2. The third-order valence-electron chi connectivity index (χ3n) is 4.88. The molecule has 0 saturated carbocycles. The molecule has 1 aromatic carbocycles. The third-order valence-corrected chi connectivity index (χ3v) is 6.57. The fourth-order valence-corrected chi connectivity index (χ4v) is 5.28. The van der Waals surface area contributed by atoms with Gasteiger partial charge in [-0.25, -0.2) is 4.39 Å². The van der Waals surface area contributed by atoms with E-state index in [1.807, 2.05) is 12.1 Å². The molecule has 0 amide bonds. The molecule has 27 heavy (non-hydrogen) atoms. The molecule has 1 aromatic heterocycles. The van der Waals surface area contributed by atoms with Crippen LogP contribution < -0.4 is 10.6 Å². The first kappa shape index (κ1) is 18.0. The summed E-state index contributed by atoms with van der Waals surface area (Å²) in [6.45, 7) is 0. The molecule has 136 valence electrons. The molecule has 2 N–H and O–H groups in total. The maximum absolute atomic E-state index is 13.4. The van der Waals surface area contributed by atoms with Gasteiger partial charge in [-0.05, 0) is 65.2 Å². The summed E-state index contributed by atoms with van der Waals surface area (Å²) < 4.78 is 14.3. The smallest absolute Gasteiger partial charge is 0.161 e. The van der Waals surface area contributed by atoms with Crippen molar-refractivity contribution in [2.75, 3.05) is 4.90 Å². The summed E-state index contributed by atoms with van der Waals surface area (Å²) >= 11 is 4.95. The first-order chi connectivity index (χ1) is 13.0. The summed E-state index contributed by atoms with van der Waals surface area (Å²) in [4.78, 5) is 15.5. The Labute approximate surface area is 168 Å². The first-order valence-electron chi connectivity index (χ1n) is 8.48. The molecule has 2 heterocycles. The predicted molar refractivity (Wildman–Crippen MR) is 106 cm³/mol. The maximum Gasteiger partial charge on any atom is 0.161 e. The second-order valence-corrected chi connectivity index (χ2v) is 8.93. The molecule has 0 radical (unpaired) electrons. The number of halogens is 2. The number of ketones is 1. The Morgan fingerprint density at radius 1 is 1.22 bits per heavy atom. The average Bonchev–Trinajstić information content (AvgIpc) is 3.08. The van der Waals surface area contributed by atoms with E-state index in [-0.39, 0.29) is 11.6 Å². The van der Waals surface area contributed by atoms with Crippen LogP contribution in [0, 0.1) is 17.1 Å². The van der Waals surface area contributed by atoms with Gasteiger partial charge in [0, 0.05) is 28.3 Å². The summed E-state index contributed by atoms with van der Waals surface area (Å²) in [5, 5.41) is 9.87. The molecule has 0 unspecified atom stereocenters. The van der Waals surface area contributed by atoms with Gasteiger partial charge in [-0.1, -0.05) is 0 Å². The molecule has 2 aromatic rings. The summed E-state index contributed by atoms with van der Waals surface area (Å²) in [6.07, 6.45) is 1.87. The largest absolute Gasteiger partial charge is 0.384 e. The van der Waals surface area contributed by atoms with Crippen LogP contribution in [0.15, 0.2) is 62.8 Å². The molecular weight excluding hydrogens is 429 g/mol. The van der Waals surface area contributed by atoms with E-state index in [4.69, 9.17) is 5.73 Å². The highest BCUT2D eigenvalue weighted by Gasteiger charge is 2.40. The molecule has 7 heteroatoms. The Hall–Kier alpha value is -2.43. The standard InChI is InChI=1S/C20H15BrFN3OS/c21-17-9-8-16(27-17)18-13(10-23)20(24)25(12-6-4-11(22)5-7-12)14-2-1-3-15(26)19(14)18/h4-9,18H,1-3,24H2/t18-/m0/s1. The van der Waals surface area contributed by atoms with Crippen molar-refractivity contribution in [2.45, 2.75) is 25.2 Å². The number of thiophene rings is 1. The van der Waals surface area contributed by atoms with Crippen molar-refractivity contribution in [2.24, 2.45) is 5.73 Å². The lowest BCUT2D eigenvalue weighted by Gasteiger charge is -2.39. The van der Waals surface area contributed by atoms with Crippen LogP contribution in [0.5, 0.6) is 0 Å². The van der Waals surface area contributed by atoms with Crippen molar-refractivity contribution >= 4 is 38.7 Å². The highest BCUT2D eigenvalue weighted by atomic mass is 79.9. The molecule has 1 aliphatic heterocycles. The summed E-state index contributed by atoms with van der Waals surface area (Å²) in [5.74, 6) is -0.468. The number of anilines is 1. The van der Waals surface area contributed by atoms with Crippen molar-refractivity contribution in [1.82, 2.24) is 0 Å². The van der Waals surface area contributed by atoms with E-state index in [1.54, 1.807) is 17.0 Å². The number of allylic oxidation sites excluding steroid dienone is 3. The van der Waals surface area contributed by atoms with Crippen LogP contribution in [0.4, 0.5) is 10.1 Å². The quantitative estimate of drug-likeness (QED) is 0.712. The zero-order valence-electron chi connectivity index (χ0n) is 14.2. The number of nitrogens with two attached hydrogens (primary N) is 1. The van der Waals surface area contributed by atoms with E-state index in [0.29, 0.717) is 35.5 Å². The van der Waals surface area contributed by atoms with Gasteiger partial charge >= 0.3 is 0 Å². The molecule has 0 spiro atoms. The lowest BCUT2D eigenvalue weighted by atomic mass is 9.78. The van der Waals surface area contributed by atoms with Gasteiger partial charge in [-0.2, -0.15) is 5.26 Å². The lowest BCUT2D eigenvalue weighted by molar-refractivity contribution is -0.116. The Morgan fingerprint density at radius 3 is 2.59 bits per heavy atom. The van der Waals surface area contributed by atoms with Crippen LogP contribution in [0.3, 0.4) is 0 Å². The van der Waals surface area contributed by atoms with Gasteiger partial charge in [0.1, 0.15) is 11.6 Å². The minimum absolute atomic E-state index is 0.0399. The van der Waals surface area contributed by atoms with Gasteiger partial charge in [0.15, 0.2) is 5.78 Å².